The second kappa shape index (κ2) is 23.6. The van der Waals surface area contributed by atoms with Gasteiger partial charge in [-0.2, -0.15) is 0 Å². The topological polar surface area (TPSA) is 135 Å². The molecule has 8 fully saturated rings. The minimum Gasteiger partial charge on any atom is -0.481 e. The Hall–Kier alpha value is -0.800. The summed E-state index contributed by atoms with van der Waals surface area (Å²) in [6.45, 7) is 9.97. The molecule has 48 heavy (non-hydrogen) atoms. The van der Waals surface area contributed by atoms with Gasteiger partial charge in [0.05, 0.1) is 13.1 Å². The second-order valence-corrected chi connectivity index (χ2v) is 19.2. The number of hydrogen-bond acceptors (Lipinski definition) is 11. The van der Waals surface area contributed by atoms with Crippen molar-refractivity contribution in [3.8, 4) is 0 Å². The lowest BCUT2D eigenvalue weighted by molar-refractivity contribution is -0.920. The van der Waals surface area contributed by atoms with Gasteiger partial charge in [-0.05, 0) is 70.4 Å². The number of carboxylic acid groups (broad SMARTS) is 2. The van der Waals surface area contributed by atoms with Crippen molar-refractivity contribution in [3.63, 3.8) is 0 Å². The molecule has 276 valence electrons. The van der Waals surface area contributed by atoms with Crippen LogP contribution < -0.4 is 4.90 Å². The van der Waals surface area contributed by atoms with Crippen LogP contribution in [0.5, 0.6) is 0 Å². The number of piperidine rings is 6. The van der Waals surface area contributed by atoms with E-state index in [1.807, 2.05) is 43.2 Å². The van der Waals surface area contributed by atoms with E-state index in [9.17, 15) is 19.2 Å². The standard InChI is InChI=1S/2C9H15NO2.2C8H14O2S2/c2*1-7(11)12-9-6-10-4-2-8(9)3-5-10;2*9-8(10)4-2-1-3-7-5-6-11-12-7/h2*8-9H,2-6H2,1H3;2*7H,1-6H2,(H,9,10)/p+1/t;;2*7-/m..11/s1. The van der Waals surface area contributed by atoms with Gasteiger partial charge in [-0.3, -0.25) is 24.1 Å². The van der Waals surface area contributed by atoms with Crippen LogP contribution in [0.2, 0.25) is 0 Å². The van der Waals surface area contributed by atoms with Crippen molar-refractivity contribution < 1.29 is 43.8 Å². The molecule has 0 aromatic carbocycles. The van der Waals surface area contributed by atoms with Crippen LogP contribution in [0.25, 0.3) is 0 Å². The molecule has 8 saturated heterocycles. The van der Waals surface area contributed by atoms with Gasteiger partial charge in [0.1, 0.15) is 12.6 Å². The SMILES string of the molecule is CC(=O)OC1CN2CCC1CC2.CC(=O)OC1C[NH+]2CCC1CC2.O=C(O)CCCC[C@@H]1CCSS1.O=C(O)CCCC[C@@H]1CCSS1. The van der Waals surface area contributed by atoms with E-state index < -0.39 is 11.9 Å². The van der Waals surface area contributed by atoms with Gasteiger partial charge >= 0.3 is 23.9 Å². The minimum atomic E-state index is -0.663. The lowest BCUT2D eigenvalue weighted by Gasteiger charge is -2.43. The molecule has 0 spiro atoms. The van der Waals surface area contributed by atoms with Crippen LogP contribution in [0.3, 0.4) is 0 Å². The fourth-order valence-corrected chi connectivity index (χ4v) is 13.2. The highest BCUT2D eigenvalue weighted by molar-refractivity contribution is 8.77. The largest absolute Gasteiger partial charge is 0.481 e. The van der Waals surface area contributed by atoms with E-state index in [2.05, 4.69) is 4.90 Å². The van der Waals surface area contributed by atoms with E-state index in [0.29, 0.717) is 24.7 Å². The van der Waals surface area contributed by atoms with Crippen molar-refractivity contribution >= 4 is 67.1 Å². The Morgan fingerprint density at radius 1 is 0.688 bits per heavy atom. The quantitative estimate of drug-likeness (QED) is 0.133. The number of nitrogens with zero attached hydrogens (tertiary/aromatic N) is 1. The predicted octanol–water partition coefficient (Wildman–Crippen LogP) is 5.44. The Labute approximate surface area is 303 Å². The number of nitrogens with one attached hydrogen (secondary N) is 1. The first-order valence-electron chi connectivity index (χ1n) is 18.0. The monoisotopic (exact) mass is 751 g/mol. The maximum absolute atomic E-state index is 10.8. The van der Waals surface area contributed by atoms with Crippen LogP contribution in [0.15, 0.2) is 0 Å². The Morgan fingerprint density at radius 2 is 1.17 bits per heavy atom. The normalized spacial score (nSPS) is 31.2. The Morgan fingerprint density at radius 3 is 1.52 bits per heavy atom. The summed E-state index contributed by atoms with van der Waals surface area (Å²) in [5.41, 5.74) is 0. The molecule has 8 rings (SSSR count). The molecule has 8 heterocycles. The zero-order valence-corrected chi connectivity index (χ0v) is 32.2. The number of rotatable bonds is 12. The molecule has 10 nitrogen and oxygen atoms in total. The molecule has 0 aromatic heterocycles. The predicted molar refractivity (Wildman–Crippen MR) is 198 cm³/mol. The number of aliphatic carboxylic acids is 2. The number of quaternary nitrogens is 1. The van der Waals surface area contributed by atoms with E-state index in [0.717, 1.165) is 49.3 Å². The van der Waals surface area contributed by atoms with Crippen LogP contribution in [0.1, 0.15) is 104 Å². The lowest BCUT2D eigenvalue weighted by atomic mass is 9.86. The average Bonchev–Trinajstić information content (AvgIpc) is 3.78. The first kappa shape index (κ1) is 41.6. The van der Waals surface area contributed by atoms with Gasteiger partial charge < -0.3 is 24.6 Å². The van der Waals surface area contributed by atoms with E-state index in [1.54, 1.807) is 4.90 Å². The van der Waals surface area contributed by atoms with Crippen LogP contribution >= 0.6 is 43.2 Å². The number of fused-ring (bicyclic) bond motifs is 6. The highest BCUT2D eigenvalue weighted by Gasteiger charge is 2.39. The van der Waals surface area contributed by atoms with Gasteiger partial charge in [0.15, 0.2) is 6.10 Å². The number of carbonyl (C=O) groups excluding carboxylic acids is 2. The molecule has 4 atom stereocenters. The van der Waals surface area contributed by atoms with Crippen LogP contribution in [0.4, 0.5) is 0 Å². The van der Waals surface area contributed by atoms with Crippen molar-refractivity contribution in [3.05, 3.63) is 0 Å². The third kappa shape index (κ3) is 17.4. The zero-order valence-electron chi connectivity index (χ0n) is 28.9. The van der Waals surface area contributed by atoms with E-state index in [4.69, 9.17) is 19.7 Å². The molecular weight excluding hydrogens is 693 g/mol. The first-order chi connectivity index (χ1) is 23.1. The summed E-state index contributed by atoms with van der Waals surface area (Å²) >= 11 is 0. The average molecular weight is 752 g/mol. The van der Waals surface area contributed by atoms with Crippen molar-refractivity contribution in [1.82, 2.24) is 4.90 Å². The number of hydrogen-bond donors (Lipinski definition) is 3. The summed E-state index contributed by atoms with van der Waals surface area (Å²) in [6.07, 6.45) is 14.8. The smallest absolute Gasteiger partial charge is 0.303 e. The molecule has 0 aromatic rings. The third-order valence-corrected chi connectivity index (χ3v) is 15.8. The van der Waals surface area contributed by atoms with Gasteiger partial charge in [-0.25, -0.2) is 0 Å². The molecule has 8 aliphatic rings. The summed E-state index contributed by atoms with van der Waals surface area (Å²) in [5.74, 6) is 2.27. The fourth-order valence-electron chi connectivity index (χ4n) is 7.11. The van der Waals surface area contributed by atoms with Gasteiger partial charge in [0.25, 0.3) is 0 Å². The number of unbranched alkanes of at least 4 members (excludes halogenated alkanes) is 2. The van der Waals surface area contributed by atoms with E-state index in [-0.39, 0.29) is 24.1 Å². The maximum Gasteiger partial charge on any atom is 0.303 e. The zero-order chi connectivity index (χ0) is 34.7. The summed E-state index contributed by atoms with van der Waals surface area (Å²) < 4.78 is 10.5. The number of carboxylic acids is 2. The van der Waals surface area contributed by atoms with Crippen LogP contribution in [-0.4, -0.2) is 112 Å². The molecule has 0 saturated carbocycles. The summed E-state index contributed by atoms with van der Waals surface area (Å²) in [5, 5.41) is 18.4. The Bertz CT molecular complexity index is 891. The van der Waals surface area contributed by atoms with Gasteiger partial charge in [-0.1, -0.05) is 56.0 Å². The lowest BCUT2D eigenvalue weighted by Crippen LogP contribution is -3.16. The molecule has 0 radical (unpaired) electrons. The van der Waals surface area contributed by atoms with Crippen molar-refractivity contribution in [2.24, 2.45) is 11.8 Å². The second-order valence-electron chi connectivity index (χ2n) is 13.7. The molecule has 3 N–H and O–H groups in total. The molecule has 0 aliphatic carbocycles. The van der Waals surface area contributed by atoms with Crippen LogP contribution in [0, 0.1) is 11.8 Å². The summed E-state index contributed by atoms with van der Waals surface area (Å²) in [7, 11) is 7.83. The highest BCUT2D eigenvalue weighted by atomic mass is 33.1. The Kier molecular flexibility index (Phi) is 20.5. The number of ether oxygens (including phenoxy) is 2. The summed E-state index contributed by atoms with van der Waals surface area (Å²) in [6, 6.07) is 0. The van der Waals surface area contributed by atoms with Crippen molar-refractivity contribution in [2.75, 3.05) is 50.8 Å². The van der Waals surface area contributed by atoms with Gasteiger partial charge in [0.2, 0.25) is 0 Å². The molecule has 0 amide bonds. The van der Waals surface area contributed by atoms with E-state index in [1.165, 1.54) is 103 Å². The third-order valence-electron chi connectivity index (χ3n) is 9.77. The first-order valence-corrected chi connectivity index (χ1v) is 22.8. The van der Waals surface area contributed by atoms with Crippen molar-refractivity contribution in [2.45, 2.75) is 126 Å². The Balaban J connectivity index is 0.000000174. The summed E-state index contributed by atoms with van der Waals surface area (Å²) in [4.78, 5) is 45.9. The molecule has 2 unspecified atom stereocenters. The minimum absolute atomic E-state index is 0.117. The number of esters is 2. The van der Waals surface area contributed by atoms with Gasteiger partial charge in [-0.15, -0.1) is 0 Å². The molecule has 4 bridgehead atoms. The van der Waals surface area contributed by atoms with Crippen molar-refractivity contribution in [1.29, 1.82) is 0 Å². The molecule has 8 aliphatic heterocycles. The number of carbonyl (C=O) groups is 4. The fraction of sp³-hybridized carbons (Fsp3) is 0.882. The van der Waals surface area contributed by atoms with Crippen LogP contribution in [-0.2, 0) is 28.7 Å². The van der Waals surface area contributed by atoms with E-state index >= 15 is 0 Å². The maximum atomic E-state index is 10.8. The van der Waals surface area contributed by atoms with Gasteiger partial charge in [0, 0.05) is 74.0 Å². The molecular formula is C34H59N2O8S4+. The molecule has 14 heteroatoms. The highest BCUT2D eigenvalue weighted by Crippen LogP contribution is 2.40.